The SMILES string of the molecule is O=C(C[C@H]1CC[C@@H](NC(=O)c2ccc(F)cc2)[C@H](CO)O1)NCCc1ccncc1. The molecule has 1 aromatic carbocycles. The van der Waals surface area contributed by atoms with Crippen LogP contribution in [0.25, 0.3) is 0 Å². The number of aliphatic hydroxyl groups is 1. The minimum atomic E-state index is -0.599. The lowest BCUT2D eigenvalue weighted by Gasteiger charge is -2.36. The van der Waals surface area contributed by atoms with E-state index in [0.29, 0.717) is 24.9 Å². The summed E-state index contributed by atoms with van der Waals surface area (Å²) in [5, 5.41) is 15.4. The molecule has 160 valence electrons. The van der Waals surface area contributed by atoms with Crippen molar-refractivity contribution in [2.24, 2.45) is 0 Å². The third-order valence-corrected chi connectivity index (χ3v) is 5.12. The second kappa shape index (κ2) is 10.8. The number of nitrogens with one attached hydrogen (secondary N) is 2. The molecule has 0 spiro atoms. The van der Waals surface area contributed by atoms with Gasteiger partial charge in [-0.2, -0.15) is 0 Å². The largest absolute Gasteiger partial charge is 0.394 e. The van der Waals surface area contributed by atoms with E-state index < -0.39 is 11.9 Å². The Morgan fingerprint density at radius 2 is 1.87 bits per heavy atom. The first-order chi connectivity index (χ1) is 14.5. The summed E-state index contributed by atoms with van der Waals surface area (Å²) in [6, 6.07) is 8.69. The monoisotopic (exact) mass is 415 g/mol. The Morgan fingerprint density at radius 3 is 2.57 bits per heavy atom. The smallest absolute Gasteiger partial charge is 0.251 e. The molecule has 7 nitrogen and oxygen atoms in total. The quantitative estimate of drug-likeness (QED) is 0.608. The summed E-state index contributed by atoms with van der Waals surface area (Å²) in [6.45, 7) is 0.254. The molecule has 2 heterocycles. The van der Waals surface area contributed by atoms with Gasteiger partial charge in [0, 0.05) is 24.5 Å². The molecule has 1 saturated heterocycles. The van der Waals surface area contributed by atoms with Crippen LogP contribution in [0.2, 0.25) is 0 Å². The second-order valence-corrected chi connectivity index (χ2v) is 7.30. The predicted octanol–water partition coefficient (Wildman–Crippen LogP) is 1.61. The first-order valence-electron chi connectivity index (χ1n) is 10.0. The highest BCUT2D eigenvalue weighted by atomic mass is 19.1. The number of pyridine rings is 1. The van der Waals surface area contributed by atoms with Crippen LogP contribution >= 0.6 is 0 Å². The zero-order chi connectivity index (χ0) is 21.3. The van der Waals surface area contributed by atoms with Gasteiger partial charge in [-0.3, -0.25) is 14.6 Å². The first kappa shape index (κ1) is 21.9. The lowest BCUT2D eigenvalue weighted by molar-refractivity contribution is -0.130. The number of rotatable bonds is 8. The van der Waals surface area contributed by atoms with Gasteiger partial charge >= 0.3 is 0 Å². The molecule has 0 bridgehead atoms. The van der Waals surface area contributed by atoms with E-state index in [-0.39, 0.29) is 37.0 Å². The standard InChI is InChI=1S/C22H26FN3O4/c23-17-3-1-16(2-4-17)22(29)26-19-6-5-18(30-20(19)14-27)13-21(28)25-12-9-15-7-10-24-11-8-15/h1-4,7-8,10-11,18-20,27H,5-6,9,12-14H2,(H,25,28)(H,26,29)/t18-,19-,20+/m1/s1. The molecule has 1 aromatic heterocycles. The van der Waals surface area contributed by atoms with E-state index in [9.17, 15) is 19.1 Å². The molecule has 30 heavy (non-hydrogen) atoms. The maximum atomic E-state index is 13.0. The van der Waals surface area contributed by atoms with Crippen LogP contribution in [0.5, 0.6) is 0 Å². The topological polar surface area (TPSA) is 101 Å². The predicted molar refractivity (Wildman–Crippen MR) is 108 cm³/mol. The summed E-state index contributed by atoms with van der Waals surface area (Å²) in [7, 11) is 0. The number of hydrogen-bond donors (Lipinski definition) is 3. The number of ether oxygens (including phenoxy) is 1. The number of carbonyl (C=O) groups is 2. The van der Waals surface area contributed by atoms with Gasteiger partial charge in [0.05, 0.1) is 25.2 Å². The molecule has 3 N–H and O–H groups in total. The van der Waals surface area contributed by atoms with Gasteiger partial charge < -0.3 is 20.5 Å². The van der Waals surface area contributed by atoms with Gasteiger partial charge in [-0.25, -0.2) is 4.39 Å². The van der Waals surface area contributed by atoms with E-state index in [1.807, 2.05) is 12.1 Å². The van der Waals surface area contributed by atoms with Gasteiger partial charge in [0.15, 0.2) is 0 Å². The maximum absolute atomic E-state index is 13.0. The van der Waals surface area contributed by atoms with E-state index in [1.54, 1.807) is 12.4 Å². The number of hydrogen-bond acceptors (Lipinski definition) is 5. The van der Waals surface area contributed by atoms with E-state index in [0.717, 1.165) is 12.0 Å². The van der Waals surface area contributed by atoms with Crippen molar-refractivity contribution in [3.63, 3.8) is 0 Å². The van der Waals surface area contributed by atoms with Gasteiger partial charge in [0.25, 0.3) is 5.91 Å². The molecule has 8 heteroatoms. The maximum Gasteiger partial charge on any atom is 0.251 e. The van der Waals surface area contributed by atoms with E-state index in [2.05, 4.69) is 15.6 Å². The highest BCUT2D eigenvalue weighted by Gasteiger charge is 2.33. The Balaban J connectivity index is 1.43. The fourth-order valence-electron chi connectivity index (χ4n) is 3.47. The Bertz CT molecular complexity index is 832. The highest BCUT2D eigenvalue weighted by molar-refractivity contribution is 5.94. The van der Waals surface area contributed by atoms with E-state index in [4.69, 9.17) is 4.74 Å². The molecule has 0 aliphatic carbocycles. The van der Waals surface area contributed by atoms with Crippen LogP contribution in [0.15, 0.2) is 48.8 Å². The van der Waals surface area contributed by atoms with Crippen LogP contribution in [0.1, 0.15) is 35.2 Å². The fourth-order valence-corrected chi connectivity index (χ4v) is 3.47. The van der Waals surface area contributed by atoms with Crippen molar-refractivity contribution in [2.45, 2.75) is 43.9 Å². The summed E-state index contributed by atoms with van der Waals surface area (Å²) < 4.78 is 18.9. The summed E-state index contributed by atoms with van der Waals surface area (Å²) in [4.78, 5) is 28.5. The lowest BCUT2D eigenvalue weighted by atomic mass is 9.96. The normalized spacial score (nSPS) is 21.1. The van der Waals surface area contributed by atoms with Crippen molar-refractivity contribution in [1.29, 1.82) is 0 Å². The Labute approximate surface area is 174 Å². The molecule has 1 aliphatic rings. The number of amides is 2. The zero-order valence-corrected chi connectivity index (χ0v) is 16.6. The van der Waals surface area contributed by atoms with Gasteiger partial charge in [0.1, 0.15) is 11.9 Å². The number of carbonyl (C=O) groups excluding carboxylic acids is 2. The number of aromatic nitrogens is 1. The summed E-state index contributed by atoms with van der Waals surface area (Å²) >= 11 is 0. The van der Waals surface area contributed by atoms with Crippen molar-refractivity contribution in [2.75, 3.05) is 13.2 Å². The summed E-state index contributed by atoms with van der Waals surface area (Å²) in [5.41, 5.74) is 1.43. The molecular formula is C22H26FN3O4. The van der Waals surface area contributed by atoms with E-state index >= 15 is 0 Å². The Hall–Kier alpha value is -2.84. The molecule has 3 atom stereocenters. The Kier molecular flexibility index (Phi) is 7.87. The second-order valence-electron chi connectivity index (χ2n) is 7.30. The minimum absolute atomic E-state index is 0.112. The number of nitrogens with zero attached hydrogens (tertiary/aromatic N) is 1. The molecule has 2 amide bonds. The first-order valence-corrected chi connectivity index (χ1v) is 10.0. The van der Waals surface area contributed by atoms with Gasteiger partial charge in [-0.05, 0) is 61.2 Å². The molecule has 1 fully saturated rings. The van der Waals surface area contributed by atoms with Crippen LogP contribution < -0.4 is 10.6 Å². The molecule has 0 saturated carbocycles. The van der Waals surface area contributed by atoms with Crippen molar-refractivity contribution in [3.05, 3.63) is 65.7 Å². The van der Waals surface area contributed by atoms with Gasteiger partial charge in [-0.15, -0.1) is 0 Å². The third-order valence-electron chi connectivity index (χ3n) is 5.12. The van der Waals surface area contributed by atoms with Gasteiger partial charge in [-0.1, -0.05) is 0 Å². The molecule has 0 unspecified atom stereocenters. The summed E-state index contributed by atoms with van der Waals surface area (Å²) in [6.07, 6.45) is 4.60. The highest BCUT2D eigenvalue weighted by Crippen LogP contribution is 2.22. The van der Waals surface area contributed by atoms with Crippen molar-refractivity contribution in [1.82, 2.24) is 15.6 Å². The lowest BCUT2D eigenvalue weighted by Crippen LogP contribution is -2.51. The molecule has 3 rings (SSSR count). The van der Waals surface area contributed by atoms with Crippen LogP contribution in [0.4, 0.5) is 4.39 Å². The number of halogens is 1. The van der Waals surface area contributed by atoms with Crippen LogP contribution in [0, 0.1) is 5.82 Å². The number of aliphatic hydroxyl groups excluding tert-OH is 1. The van der Waals surface area contributed by atoms with Crippen molar-refractivity contribution < 1.29 is 23.8 Å². The molecular weight excluding hydrogens is 389 g/mol. The van der Waals surface area contributed by atoms with Crippen molar-refractivity contribution >= 4 is 11.8 Å². The molecule has 1 aliphatic heterocycles. The van der Waals surface area contributed by atoms with Crippen molar-refractivity contribution in [3.8, 4) is 0 Å². The zero-order valence-electron chi connectivity index (χ0n) is 16.6. The van der Waals surface area contributed by atoms with Crippen LogP contribution in [-0.4, -0.2) is 53.3 Å². The average Bonchev–Trinajstić information content (AvgIpc) is 2.76. The minimum Gasteiger partial charge on any atom is -0.394 e. The summed E-state index contributed by atoms with van der Waals surface area (Å²) in [5.74, 6) is -0.878. The average molecular weight is 415 g/mol. The molecule has 0 radical (unpaired) electrons. The third kappa shape index (κ3) is 6.33. The Morgan fingerprint density at radius 1 is 1.13 bits per heavy atom. The fraction of sp³-hybridized carbons (Fsp3) is 0.409. The number of benzene rings is 1. The van der Waals surface area contributed by atoms with Crippen LogP contribution in [0.3, 0.4) is 0 Å². The van der Waals surface area contributed by atoms with E-state index in [1.165, 1.54) is 24.3 Å². The molecule has 2 aromatic rings. The van der Waals surface area contributed by atoms with Gasteiger partial charge in [0.2, 0.25) is 5.91 Å². The van der Waals surface area contributed by atoms with Crippen LogP contribution in [-0.2, 0) is 16.0 Å².